The van der Waals surface area contributed by atoms with Crippen LogP contribution in [0.5, 0.6) is 0 Å². The Kier molecular flexibility index (Phi) is 5.11. The summed E-state index contributed by atoms with van der Waals surface area (Å²) in [4.78, 5) is 7.03. The third kappa shape index (κ3) is 4.44. The molecule has 19 heavy (non-hydrogen) atoms. The summed E-state index contributed by atoms with van der Waals surface area (Å²) in [6.07, 6.45) is 1.84. The van der Waals surface area contributed by atoms with Crippen molar-refractivity contribution in [2.24, 2.45) is 0 Å². The quantitative estimate of drug-likeness (QED) is 0.769. The van der Waals surface area contributed by atoms with Gasteiger partial charge >= 0.3 is 0 Å². The smallest absolute Gasteiger partial charge is 0.0543 e. The predicted molar refractivity (Wildman–Crippen MR) is 83.2 cm³/mol. The molecule has 0 radical (unpaired) electrons. The first-order valence-electron chi connectivity index (χ1n) is 6.46. The highest BCUT2D eigenvalue weighted by atomic mass is 79.9. The summed E-state index contributed by atoms with van der Waals surface area (Å²) in [5.74, 6) is 0. The highest BCUT2D eigenvalue weighted by Gasteiger charge is 2.04. The van der Waals surface area contributed by atoms with Crippen molar-refractivity contribution < 1.29 is 0 Å². The van der Waals surface area contributed by atoms with Crippen molar-refractivity contribution in [3.8, 4) is 0 Å². The highest BCUT2D eigenvalue weighted by molar-refractivity contribution is 9.09. The van der Waals surface area contributed by atoms with Crippen LogP contribution in [0.15, 0.2) is 48.7 Å². The number of aromatic nitrogens is 1. The van der Waals surface area contributed by atoms with Crippen molar-refractivity contribution in [1.82, 2.24) is 9.88 Å². The molecule has 0 aliphatic carbocycles. The summed E-state index contributed by atoms with van der Waals surface area (Å²) < 4.78 is 0. The summed E-state index contributed by atoms with van der Waals surface area (Å²) in [7, 11) is 2.12. The molecule has 2 nitrogen and oxygen atoms in total. The van der Waals surface area contributed by atoms with E-state index >= 15 is 0 Å². The second-order valence-corrected chi connectivity index (χ2v) is 6.22. The van der Waals surface area contributed by atoms with E-state index in [-0.39, 0.29) is 0 Å². The Morgan fingerprint density at radius 1 is 1.11 bits per heavy atom. The third-order valence-corrected chi connectivity index (χ3v) is 3.58. The molecule has 2 aromatic rings. The molecule has 0 N–H and O–H groups in total. The lowest BCUT2D eigenvalue weighted by molar-refractivity contribution is 0.315. The topological polar surface area (TPSA) is 16.1 Å². The van der Waals surface area contributed by atoms with Crippen LogP contribution >= 0.6 is 15.9 Å². The fourth-order valence-corrected chi connectivity index (χ4v) is 2.33. The molecule has 3 heteroatoms. The molecule has 0 fully saturated rings. The van der Waals surface area contributed by atoms with Gasteiger partial charge in [-0.05, 0) is 37.2 Å². The van der Waals surface area contributed by atoms with Gasteiger partial charge in [-0.1, -0.05) is 46.3 Å². The summed E-state index contributed by atoms with van der Waals surface area (Å²) >= 11 is 3.58. The minimum absolute atomic E-state index is 0.410. The molecule has 0 aliphatic heterocycles. The second-order valence-electron chi connectivity index (χ2n) is 4.85. The van der Waals surface area contributed by atoms with E-state index in [9.17, 15) is 0 Å². The first-order chi connectivity index (χ1) is 9.15. The maximum Gasteiger partial charge on any atom is 0.0543 e. The Labute approximate surface area is 123 Å². The first-order valence-corrected chi connectivity index (χ1v) is 7.38. The highest BCUT2D eigenvalue weighted by Crippen LogP contribution is 2.21. The Bertz CT molecular complexity index is 494. The van der Waals surface area contributed by atoms with Gasteiger partial charge in [-0.3, -0.25) is 9.88 Å². The van der Waals surface area contributed by atoms with Crippen molar-refractivity contribution in [3.63, 3.8) is 0 Å². The molecule has 1 unspecified atom stereocenters. The summed E-state index contributed by atoms with van der Waals surface area (Å²) in [6, 6.07) is 14.8. The molecular weight excluding hydrogens is 300 g/mol. The molecule has 0 bridgehead atoms. The monoisotopic (exact) mass is 318 g/mol. The van der Waals surface area contributed by atoms with Gasteiger partial charge in [0.05, 0.1) is 5.69 Å². The molecule has 1 aromatic heterocycles. The van der Waals surface area contributed by atoms with Gasteiger partial charge in [0, 0.05) is 24.1 Å². The van der Waals surface area contributed by atoms with Gasteiger partial charge in [0.15, 0.2) is 0 Å². The average molecular weight is 319 g/mol. The van der Waals surface area contributed by atoms with Gasteiger partial charge in [-0.2, -0.15) is 0 Å². The van der Waals surface area contributed by atoms with Gasteiger partial charge in [0.25, 0.3) is 0 Å². The standard InChI is InChI=1S/C16H19BrN2/c1-13(17)15-8-6-14(7-9-15)11-19(2)12-16-5-3-4-10-18-16/h3-10,13H,11-12H2,1-2H3. The van der Waals surface area contributed by atoms with Crippen molar-refractivity contribution in [1.29, 1.82) is 0 Å². The Hall–Kier alpha value is -1.19. The van der Waals surface area contributed by atoms with Crippen LogP contribution in [-0.2, 0) is 13.1 Å². The molecular formula is C16H19BrN2. The zero-order chi connectivity index (χ0) is 13.7. The van der Waals surface area contributed by atoms with E-state index in [1.54, 1.807) is 0 Å². The van der Waals surface area contributed by atoms with Gasteiger partial charge in [0.1, 0.15) is 0 Å². The molecule has 0 amide bonds. The zero-order valence-corrected chi connectivity index (χ0v) is 13.0. The fraction of sp³-hybridized carbons (Fsp3) is 0.312. The van der Waals surface area contributed by atoms with Crippen molar-refractivity contribution in [3.05, 3.63) is 65.5 Å². The number of alkyl halides is 1. The number of halogens is 1. The maximum absolute atomic E-state index is 4.35. The average Bonchev–Trinajstić information content (AvgIpc) is 2.40. The van der Waals surface area contributed by atoms with Crippen LogP contribution in [0.25, 0.3) is 0 Å². The van der Waals surface area contributed by atoms with E-state index in [0.29, 0.717) is 4.83 Å². The normalized spacial score (nSPS) is 12.6. The van der Waals surface area contributed by atoms with Crippen LogP contribution in [0.4, 0.5) is 0 Å². The first kappa shape index (κ1) is 14.2. The van der Waals surface area contributed by atoms with Crippen molar-refractivity contribution in [2.75, 3.05) is 7.05 Å². The van der Waals surface area contributed by atoms with Crippen LogP contribution < -0.4 is 0 Å². The third-order valence-electron chi connectivity index (χ3n) is 3.05. The summed E-state index contributed by atoms with van der Waals surface area (Å²) in [5.41, 5.74) is 3.75. The van der Waals surface area contributed by atoms with E-state index < -0.39 is 0 Å². The number of rotatable bonds is 5. The Morgan fingerprint density at radius 2 is 1.84 bits per heavy atom. The minimum atomic E-state index is 0.410. The molecule has 0 saturated heterocycles. The van der Waals surface area contributed by atoms with Crippen molar-refractivity contribution >= 4 is 15.9 Å². The number of benzene rings is 1. The minimum Gasteiger partial charge on any atom is -0.296 e. The van der Waals surface area contributed by atoms with Crippen molar-refractivity contribution in [2.45, 2.75) is 24.8 Å². The van der Waals surface area contributed by atoms with Crippen LogP contribution in [-0.4, -0.2) is 16.9 Å². The number of hydrogen-bond acceptors (Lipinski definition) is 2. The largest absolute Gasteiger partial charge is 0.296 e. The molecule has 2 rings (SSSR count). The lowest BCUT2D eigenvalue weighted by Gasteiger charge is -2.16. The number of hydrogen-bond donors (Lipinski definition) is 0. The number of pyridine rings is 1. The lowest BCUT2D eigenvalue weighted by Crippen LogP contribution is -2.17. The molecule has 100 valence electrons. The Balaban J connectivity index is 1.93. The van der Waals surface area contributed by atoms with E-state index in [1.807, 2.05) is 18.3 Å². The SMILES string of the molecule is CC(Br)c1ccc(CN(C)Cc2ccccn2)cc1. The molecule has 0 aliphatic rings. The molecule has 1 atom stereocenters. The van der Waals surface area contributed by atoms with Gasteiger partial charge in [-0.15, -0.1) is 0 Å². The zero-order valence-electron chi connectivity index (χ0n) is 11.4. The van der Waals surface area contributed by atoms with Crippen LogP contribution in [0.3, 0.4) is 0 Å². The molecule has 0 spiro atoms. The summed E-state index contributed by atoms with van der Waals surface area (Å²) in [5, 5.41) is 0. The molecule has 1 aromatic carbocycles. The number of nitrogens with zero attached hydrogens (tertiary/aromatic N) is 2. The van der Waals surface area contributed by atoms with E-state index in [2.05, 4.69) is 70.1 Å². The van der Waals surface area contributed by atoms with Gasteiger partial charge in [-0.25, -0.2) is 0 Å². The molecule has 1 heterocycles. The van der Waals surface area contributed by atoms with Crippen LogP contribution in [0.2, 0.25) is 0 Å². The predicted octanol–water partition coefficient (Wildman–Crippen LogP) is 4.17. The van der Waals surface area contributed by atoms with Crippen LogP contribution in [0.1, 0.15) is 28.6 Å². The summed E-state index contributed by atoms with van der Waals surface area (Å²) in [6.45, 7) is 3.95. The fourth-order valence-electron chi connectivity index (χ4n) is 2.02. The Morgan fingerprint density at radius 3 is 2.42 bits per heavy atom. The second kappa shape index (κ2) is 6.83. The van der Waals surface area contributed by atoms with Crippen LogP contribution in [0, 0.1) is 0 Å². The van der Waals surface area contributed by atoms with Gasteiger partial charge in [0.2, 0.25) is 0 Å². The lowest BCUT2D eigenvalue weighted by atomic mass is 10.1. The van der Waals surface area contributed by atoms with E-state index in [1.165, 1.54) is 11.1 Å². The van der Waals surface area contributed by atoms with E-state index in [4.69, 9.17) is 0 Å². The van der Waals surface area contributed by atoms with E-state index in [0.717, 1.165) is 18.8 Å². The van der Waals surface area contributed by atoms with Gasteiger partial charge < -0.3 is 0 Å². The molecule has 0 saturated carbocycles. The maximum atomic E-state index is 4.35.